The molecule has 0 bridgehead atoms. The van der Waals surface area contributed by atoms with Crippen molar-refractivity contribution >= 4 is 17.4 Å². The molecule has 5 nitrogen and oxygen atoms in total. The fourth-order valence-electron chi connectivity index (χ4n) is 0.493. The molecule has 1 aromatic heterocycles. The van der Waals surface area contributed by atoms with Gasteiger partial charge in [-0.25, -0.2) is 0 Å². The number of aromatic nitrogens is 1. The van der Waals surface area contributed by atoms with Gasteiger partial charge in [0.15, 0.2) is 11.4 Å². The summed E-state index contributed by atoms with van der Waals surface area (Å²) >= 11 is 5.31. The molecule has 0 amide bonds. The molecule has 0 atom stereocenters. The van der Waals surface area contributed by atoms with Crippen LogP contribution in [0.2, 0.25) is 0 Å². The molecule has 6 heteroatoms. The van der Waals surface area contributed by atoms with Gasteiger partial charge in [-0.3, -0.25) is 4.52 Å². The molecular weight excluding hydrogens is 160 g/mol. The van der Waals surface area contributed by atoms with E-state index in [2.05, 4.69) is 9.68 Å². The minimum absolute atomic E-state index is 0.0415. The van der Waals surface area contributed by atoms with Crippen LogP contribution in [0, 0.1) is 10.1 Å². The quantitative estimate of drug-likeness (QED) is 0.374. The van der Waals surface area contributed by atoms with Crippen molar-refractivity contribution in [3.63, 3.8) is 0 Å². The van der Waals surface area contributed by atoms with Crippen molar-refractivity contribution in [1.82, 2.24) is 5.16 Å². The molecule has 0 N–H and O–H groups in total. The Hall–Kier alpha value is -1.10. The van der Waals surface area contributed by atoms with Crippen molar-refractivity contribution in [1.29, 1.82) is 0 Å². The zero-order valence-electron chi connectivity index (χ0n) is 4.78. The lowest BCUT2D eigenvalue weighted by Gasteiger charge is -1.86. The van der Waals surface area contributed by atoms with Crippen LogP contribution < -0.4 is 0 Å². The van der Waals surface area contributed by atoms with Crippen LogP contribution in [0.4, 0.5) is 5.82 Å². The molecule has 0 unspecified atom stereocenters. The van der Waals surface area contributed by atoms with E-state index in [-0.39, 0.29) is 11.7 Å². The highest BCUT2D eigenvalue weighted by Crippen LogP contribution is 2.16. The molecule has 0 aromatic carbocycles. The maximum atomic E-state index is 10.1. The Bertz CT molecular complexity index is 246. The second-order valence-corrected chi connectivity index (χ2v) is 1.82. The molecule has 1 heterocycles. The summed E-state index contributed by atoms with van der Waals surface area (Å²) in [4.78, 5) is 9.43. The maximum absolute atomic E-state index is 10.1. The van der Waals surface area contributed by atoms with Crippen molar-refractivity contribution in [3.8, 4) is 0 Å². The van der Waals surface area contributed by atoms with Crippen molar-refractivity contribution in [3.05, 3.63) is 21.9 Å². The van der Waals surface area contributed by atoms with Crippen molar-refractivity contribution < 1.29 is 9.45 Å². The van der Waals surface area contributed by atoms with Crippen LogP contribution >= 0.6 is 11.6 Å². The third kappa shape index (κ3) is 1.08. The smallest absolute Gasteiger partial charge is 0.358 e. The minimum atomic E-state index is -0.638. The normalized spacial score (nSPS) is 9.70. The molecule has 0 aliphatic heterocycles. The lowest BCUT2D eigenvalue weighted by atomic mass is 10.4. The van der Waals surface area contributed by atoms with E-state index in [0.717, 1.165) is 6.26 Å². The van der Waals surface area contributed by atoms with Gasteiger partial charge >= 0.3 is 5.82 Å². The number of rotatable bonds is 2. The molecule has 1 rings (SSSR count). The average Bonchev–Trinajstić information content (AvgIpc) is 2.33. The molecule has 0 aliphatic rings. The molecule has 0 spiro atoms. The van der Waals surface area contributed by atoms with E-state index in [4.69, 9.17) is 11.6 Å². The Morgan fingerprint density at radius 2 is 2.60 bits per heavy atom. The van der Waals surface area contributed by atoms with Gasteiger partial charge in [-0.1, -0.05) is 0 Å². The lowest BCUT2D eigenvalue weighted by Crippen LogP contribution is -1.90. The Kier molecular flexibility index (Phi) is 1.86. The van der Waals surface area contributed by atoms with E-state index in [1.54, 1.807) is 0 Å². The van der Waals surface area contributed by atoms with E-state index in [1.807, 2.05) is 0 Å². The molecule has 0 saturated heterocycles. The summed E-state index contributed by atoms with van der Waals surface area (Å²) in [5.41, 5.74) is 0.298. The second kappa shape index (κ2) is 2.66. The Morgan fingerprint density at radius 1 is 1.90 bits per heavy atom. The number of hydrogen-bond donors (Lipinski definition) is 0. The SMILES string of the molecule is O=[N+]([O-])c1nocc1CCl. The van der Waals surface area contributed by atoms with Crippen LogP contribution in [0.3, 0.4) is 0 Å². The van der Waals surface area contributed by atoms with Crippen molar-refractivity contribution in [2.24, 2.45) is 0 Å². The molecule has 0 saturated carbocycles. The van der Waals surface area contributed by atoms with Crippen LogP contribution in [0.1, 0.15) is 5.56 Å². The summed E-state index contributed by atoms with van der Waals surface area (Å²) < 4.78 is 4.32. The van der Waals surface area contributed by atoms with Gasteiger partial charge in [-0.15, -0.1) is 11.6 Å². The fourth-order valence-corrected chi connectivity index (χ4v) is 0.676. The lowest BCUT2D eigenvalue weighted by molar-refractivity contribution is -0.391. The third-order valence-corrected chi connectivity index (χ3v) is 1.23. The zero-order valence-corrected chi connectivity index (χ0v) is 5.54. The highest BCUT2D eigenvalue weighted by molar-refractivity contribution is 6.17. The van der Waals surface area contributed by atoms with Crippen molar-refractivity contribution in [2.45, 2.75) is 5.88 Å². The summed E-state index contributed by atoms with van der Waals surface area (Å²) in [6, 6.07) is 0. The van der Waals surface area contributed by atoms with Crippen LogP contribution in [0.25, 0.3) is 0 Å². The van der Waals surface area contributed by atoms with E-state index in [9.17, 15) is 10.1 Å². The van der Waals surface area contributed by atoms with Gasteiger partial charge in [0.25, 0.3) is 0 Å². The Morgan fingerprint density at radius 3 is 3.00 bits per heavy atom. The molecule has 0 aliphatic carbocycles. The fraction of sp³-hybridized carbons (Fsp3) is 0.250. The predicted molar refractivity (Wildman–Crippen MR) is 32.7 cm³/mol. The number of alkyl halides is 1. The minimum Gasteiger partial charge on any atom is -0.358 e. The third-order valence-electron chi connectivity index (χ3n) is 0.938. The Balaban J connectivity index is 3.01. The van der Waals surface area contributed by atoms with Gasteiger partial charge in [0, 0.05) is 0 Å². The largest absolute Gasteiger partial charge is 0.417 e. The predicted octanol–water partition coefficient (Wildman–Crippen LogP) is 1.32. The van der Waals surface area contributed by atoms with Gasteiger partial charge in [0.1, 0.15) is 5.56 Å². The molecule has 1 aromatic rings. The molecule has 54 valence electrons. The molecule has 0 radical (unpaired) electrons. The van der Waals surface area contributed by atoms with E-state index in [0.29, 0.717) is 5.56 Å². The maximum Gasteiger partial charge on any atom is 0.417 e. The van der Waals surface area contributed by atoms with Crippen LogP contribution in [-0.2, 0) is 5.88 Å². The first-order valence-electron chi connectivity index (χ1n) is 2.39. The van der Waals surface area contributed by atoms with Gasteiger partial charge in [0.2, 0.25) is 0 Å². The first kappa shape index (κ1) is 7.01. The highest BCUT2D eigenvalue weighted by atomic mass is 35.5. The second-order valence-electron chi connectivity index (χ2n) is 1.55. The molecule has 0 fully saturated rings. The monoisotopic (exact) mass is 162 g/mol. The van der Waals surface area contributed by atoms with E-state index in [1.165, 1.54) is 0 Å². The van der Waals surface area contributed by atoms with E-state index < -0.39 is 4.92 Å². The summed E-state index contributed by atoms with van der Waals surface area (Å²) in [5, 5.41) is 13.2. The first-order valence-corrected chi connectivity index (χ1v) is 2.92. The van der Waals surface area contributed by atoms with E-state index >= 15 is 0 Å². The summed E-state index contributed by atoms with van der Waals surface area (Å²) in [7, 11) is 0. The highest BCUT2D eigenvalue weighted by Gasteiger charge is 2.17. The Labute approximate surface area is 60.7 Å². The summed E-state index contributed by atoms with van der Waals surface area (Å²) in [6.07, 6.45) is 1.16. The zero-order chi connectivity index (χ0) is 7.56. The topological polar surface area (TPSA) is 69.2 Å². The van der Waals surface area contributed by atoms with Crippen LogP contribution in [-0.4, -0.2) is 10.1 Å². The number of halogens is 1. The average molecular weight is 163 g/mol. The number of hydrogen-bond acceptors (Lipinski definition) is 4. The van der Waals surface area contributed by atoms with Crippen LogP contribution in [0.5, 0.6) is 0 Å². The number of nitrogens with zero attached hydrogens (tertiary/aromatic N) is 2. The molecule has 10 heavy (non-hydrogen) atoms. The standard InChI is InChI=1S/C4H3ClN2O3/c5-1-3-2-10-6-4(3)7(8)9/h2H,1H2. The van der Waals surface area contributed by atoms with Gasteiger partial charge in [-0.2, -0.15) is 0 Å². The summed E-state index contributed by atoms with van der Waals surface area (Å²) in [6.45, 7) is 0. The first-order chi connectivity index (χ1) is 4.75. The summed E-state index contributed by atoms with van der Waals surface area (Å²) in [5.74, 6) is -0.269. The molecular formula is C4H3ClN2O3. The van der Waals surface area contributed by atoms with Gasteiger partial charge < -0.3 is 10.1 Å². The number of nitro groups is 1. The van der Waals surface area contributed by atoms with Gasteiger partial charge in [0.05, 0.1) is 5.88 Å². The van der Waals surface area contributed by atoms with Crippen LogP contribution in [0.15, 0.2) is 10.8 Å². The van der Waals surface area contributed by atoms with Gasteiger partial charge in [-0.05, 0) is 4.92 Å². The van der Waals surface area contributed by atoms with Crippen molar-refractivity contribution in [2.75, 3.05) is 0 Å².